The van der Waals surface area contributed by atoms with Gasteiger partial charge in [0, 0.05) is 17.9 Å². The standard InChI is InChI=1S/C15H15BrN2/c1-10-7-8-17-15(14(10)16)18-11(2)9-12-5-3-4-6-13(12)18/h3-8,11H,9H2,1-2H3. The summed E-state index contributed by atoms with van der Waals surface area (Å²) in [6.07, 6.45) is 2.96. The molecule has 0 N–H and O–H groups in total. The van der Waals surface area contributed by atoms with Crippen LogP contribution in [0.4, 0.5) is 11.5 Å². The first-order valence-corrected chi connectivity index (χ1v) is 6.96. The summed E-state index contributed by atoms with van der Waals surface area (Å²) >= 11 is 3.67. The van der Waals surface area contributed by atoms with Crippen LogP contribution in [0.25, 0.3) is 0 Å². The number of hydrogen-bond donors (Lipinski definition) is 0. The Labute approximate surface area is 116 Å². The van der Waals surface area contributed by atoms with E-state index in [1.54, 1.807) is 0 Å². The van der Waals surface area contributed by atoms with Crippen molar-refractivity contribution >= 4 is 27.4 Å². The van der Waals surface area contributed by atoms with Crippen LogP contribution in [-0.2, 0) is 6.42 Å². The van der Waals surface area contributed by atoms with Crippen molar-refractivity contribution in [1.29, 1.82) is 0 Å². The monoisotopic (exact) mass is 302 g/mol. The summed E-state index contributed by atoms with van der Waals surface area (Å²) in [4.78, 5) is 6.88. The van der Waals surface area contributed by atoms with Crippen LogP contribution in [0.3, 0.4) is 0 Å². The molecular weight excluding hydrogens is 288 g/mol. The summed E-state index contributed by atoms with van der Waals surface area (Å²) in [7, 11) is 0. The third-order valence-corrected chi connectivity index (χ3v) is 4.48. The SMILES string of the molecule is Cc1ccnc(N2c3ccccc3CC2C)c1Br. The van der Waals surface area contributed by atoms with Crippen LogP contribution in [0.15, 0.2) is 41.0 Å². The maximum Gasteiger partial charge on any atom is 0.147 e. The average Bonchev–Trinajstić information content (AvgIpc) is 2.69. The fraction of sp³-hybridized carbons (Fsp3) is 0.267. The number of benzene rings is 1. The van der Waals surface area contributed by atoms with E-state index in [1.165, 1.54) is 16.8 Å². The molecule has 2 nitrogen and oxygen atoms in total. The molecule has 1 aliphatic rings. The van der Waals surface area contributed by atoms with Crippen LogP contribution in [0.5, 0.6) is 0 Å². The zero-order valence-corrected chi connectivity index (χ0v) is 12.1. The Balaban J connectivity index is 2.15. The number of aromatic nitrogens is 1. The molecule has 0 radical (unpaired) electrons. The van der Waals surface area contributed by atoms with Crippen molar-refractivity contribution in [3.8, 4) is 0 Å². The van der Waals surface area contributed by atoms with Crippen LogP contribution in [0.1, 0.15) is 18.1 Å². The second-order valence-corrected chi connectivity index (χ2v) is 5.61. The molecule has 0 spiro atoms. The third kappa shape index (κ3) is 1.74. The highest BCUT2D eigenvalue weighted by Gasteiger charge is 2.29. The number of aryl methyl sites for hydroxylation is 1. The van der Waals surface area contributed by atoms with Gasteiger partial charge in [-0.25, -0.2) is 4.98 Å². The number of anilines is 2. The van der Waals surface area contributed by atoms with Crippen molar-refractivity contribution in [2.75, 3.05) is 4.90 Å². The van der Waals surface area contributed by atoms with E-state index in [0.29, 0.717) is 6.04 Å². The van der Waals surface area contributed by atoms with Crippen molar-refractivity contribution in [2.24, 2.45) is 0 Å². The zero-order chi connectivity index (χ0) is 12.7. The number of nitrogens with zero attached hydrogens (tertiary/aromatic N) is 2. The summed E-state index contributed by atoms with van der Waals surface area (Å²) in [5.41, 5.74) is 3.90. The second kappa shape index (κ2) is 4.39. The van der Waals surface area contributed by atoms with Crippen LogP contribution >= 0.6 is 15.9 Å². The highest BCUT2D eigenvalue weighted by Crippen LogP contribution is 2.40. The third-order valence-electron chi connectivity index (χ3n) is 3.50. The largest absolute Gasteiger partial charge is 0.322 e. The molecule has 0 amide bonds. The molecule has 1 atom stereocenters. The van der Waals surface area contributed by atoms with Gasteiger partial charge in [0.15, 0.2) is 0 Å². The fourth-order valence-corrected chi connectivity index (χ4v) is 3.01. The summed E-state index contributed by atoms with van der Waals surface area (Å²) in [5.74, 6) is 1.02. The lowest BCUT2D eigenvalue weighted by Crippen LogP contribution is -2.25. The molecule has 2 aromatic rings. The van der Waals surface area contributed by atoms with Crippen molar-refractivity contribution in [2.45, 2.75) is 26.3 Å². The number of para-hydroxylation sites is 1. The van der Waals surface area contributed by atoms with Gasteiger partial charge in [-0.1, -0.05) is 18.2 Å². The predicted octanol–water partition coefficient (Wildman–Crippen LogP) is 4.24. The Morgan fingerprint density at radius 2 is 2.06 bits per heavy atom. The van der Waals surface area contributed by atoms with Crippen LogP contribution in [-0.4, -0.2) is 11.0 Å². The Morgan fingerprint density at radius 3 is 2.89 bits per heavy atom. The lowest BCUT2D eigenvalue weighted by molar-refractivity contribution is 0.748. The normalized spacial score (nSPS) is 17.9. The minimum atomic E-state index is 0.452. The molecule has 1 unspecified atom stereocenters. The molecule has 0 aliphatic carbocycles. The van der Waals surface area contributed by atoms with E-state index in [1.807, 2.05) is 12.3 Å². The van der Waals surface area contributed by atoms with Gasteiger partial charge in [0.2, 0.25) is 0 Å². The van der Waals surface area contributed by atoms with E-state index in [0.717, 1.165) is 16.7 Å². The van der Waals surface area contributed by atoms with Gasteiger partial charge in [-0.15, -0.1) is 0 Å². The minimum Gasteiger partial charge on any atom is -0.322 e. The molecule has 2 heterocycles. The maximum absolute atomic E-state index is 4.55. The van der Waals surface area contributed by atoms with Gasteiger partial charge in [0.25, 0.3) is 0 Å². The number of hydrogen-bond acceptors (Lipinski definition) is 2. The molecule has 0 bridgehead atoms. The molecule has 3 heteroatoms. The predicted molar refractivity (Wildman–Crippen MR) is 78.4 cm³/mol. The van der Waals surface area contributed by atoms with Gasteiger partial charge in [-0.3, -0.25) is 0 Å². The first-order valence-electron chi connectivity index (χ1n) is 6.16. The summed E-state index contributed by atoms with van der Waals surface area (Å²) in [5, 5.41) is 0. The van der Waals surface area contributed by atoms with Crippen molar-refractivity contribution in [3.63, 3.8) is 0 Å². The van der Waals surface area contributed by atoms with E-state index in [2.05, 4.69) is 63.9 Å². The highest BCUT2D eigenvalue weighted by atomic mass is 79.9. The molecule has 0 saturated carbocycles. The Morgan fingerprint density at radius 1 is 1.28 bits per heavy atom. The Bertz CT molecular complexity index is 595. The molecule has 0 saturated heterocycles. The number of pyridine rings is 1. The van der Waals surface area contributed by atoms with Crippen molar-refractivity contribution in [3.05, 3.63) is 52.1 Å². The van der Waals surface area contributed by atoms with Crippen molar-refractivity contribution < 1.29 is 0 Å². The van der Waals surface area contributed by atoms with Gasteiger partial charge in [-0.05, 0) is 59.5 Å². The fourth-order valence-electron chi connectivity index (χ4n) is 2.58. The first-order chi connectivity index (χ1) is 8.68. The summed E-state index contributed by atoms with van der Waals surface area (Å²) in [6.45, 7) is 4.35. The Hall–Kier alpha value is -1.35. The van der Waals surface area contributed by atoms with E-state index in [9.17, 15) is 0 Å². The molecule has 0 fully saturated rings. The number of rotatable bonds is 1. The molecule has 18 heavy (non-hydrogen) atoms. The molecule has 92 valence electrons. The van der Waals surface area contributed by atoms with Gasteiger partial charge < -0.3 is 4.90 Å². The van der Waals surface area contributed by atoms with E-state index in [4.69, 9.17) is 0 Å². The molecule has 1 aromatic carbocycles. The van der Waals surface area contributed by atoms with E-state index >= 15 is 0 Å². The zero-order valence-electron chi connectivity index (χ0n) is 10.5. The van der Waals surface area contributed by atoms with Gasteiger partial charge >= 0.3 is 0 Å². The molecule has 1 aromatic heterocycles. The number of fused-ring (bicyclic) bond motifs is 1. The van der Waals surface area contributed by atoms with Gasteiger partial charge in [0.1, 0.15) is 5.82 Å². The smallest absolute Gasteiger partial charge is 0.147 e. The van der Waals surface area contributed by atoms with Gasteiger partial charge in [0.05, 0.1) is 4.47 Å². The molecule has 3 rings (SSSR count). The highest BCUT2D eigenvalue weighted by molar-refractivity contribution is 9.10. The maximum atomic E-state index is 4.55. The van der Waals surface area contributed by atoms with Crippen LogP contribution in [0, 0.1) is 6.92 Å². The summed E-state index contributed by atoms with van der Waals surface area (Å²) in [6, 6.07) is 11.1. The topological polar surface area (TPSA) is 16.1 Å². The molecular formula is C15H15BrN2. The minimum absolute atomic E-state index is 0.452. The van der Waals surface area contributed by atoms with Crippen LogP contribution in [0.2, 0.25) is 0 Å². The second-order valence-electron chi connectivity index (χ2n) is 4.82. The van der Waals surface area contributed by atoms with E-state index < -0.39 is 0 Å². The van der Waals surface area contributed by atoms with Crippen molar-refractivity contribution in [1.82, 2.24) is 4.98 Å². The van der Waals surface area contributed by atoms with Crippen LogP contribution < -0.4 is 4.90 Å². The lowest BCUT2D eigenvalue weighted by atomic mass is 10.1. The van der Waals surface area contributed by atoms with Gasteiger partial charge in [-0.2, -0.15) is 0 Å². The number of halogens is 1. The quantitative estimate of drug-likeness (QED) is 0.783. The van der Waals surface area contributed by atoms with E-state index in [-0.39, 0.29) is 0 Å². The summed E-state index contributed by atoms with van der Waals surface area (Å²) < 4.78 is 1.09. The Kier molecular flexibility index (Phi) is 2.86. The first kappa shape index (κ1) is 11.7. The lowest BCUT2D eigenvalue weighted by Gasteiger charge is -2.25. The molecule has 1 aliphatic heterocycles. The average molecular weight is 303 g/mol.